The van der Waals surface area contributed by atoms with Gasteiger partial charge >= 0.3 is 0 Å². The molecule has 4 nitrogen and oxygen atoms in total. The molecular weight excluding hydrogens is 332 g/mol. The predicted molar refractivity (Wildman–Crippen MR) is 86.3 cm³/mol. The summed E-state index contributed by atoms with van der Waals surface area (Å²) in [7, 11) is 0. The fourth-order valence-electron chi connectivity index (χ4n) is 2.37. The minimum Gasteiger partial charge on any atom is -0.395 e. The molecule has 5 heteroatoms. The van der Waals surface area contributed by atoms with E-state index in [0.29, 0.717) is 12.5 Å². The summed E-state index contributed by atoms with van der Waals surface area (Å²) in [6.45, 7) is 3.87. The maximum Gasteiger partial charge on any atom is 0.0635 e. The van der Waals surface area contributed by atoms with Crippen LogP contribution < -0.4 is 0 Å². The van der Waals surface area contributed by atoms with Crippen molar-refractivity contribution in [2.75, 3.05) is 13.2 Å². The molecule has 2 aromatic rings. The summed E-state index contributed by atoms with van der Waals surface area (Å²) in [5, 5.41) is 24.3. The SMILES string of the molecule is CC(C)n1ccc(CC(CO)(CO)c2cccc(Br)c2)n1. The average Bonchev–Trinajstić information content (AvgIpc) is 2.93. The molecule has 114 valence electrons. The van der Waals surface area contributed by atoms with Gasteiger partial charge in [-0.3, -0.25) is 4.68 Å². The molecule has 21 heavy (non-hydrogen) atoms. The van der Waals surface area contributed by atoms with Gasteiger partial charge in [-0.05, 0) is 37.6 Å². The molecule has 0 unspecified atom stereocenters. The Morgan fingerprint density at radius 1 is 1.24 bits per heavy atom. The largest absolute Gasteiger partial charge is 0.395 e. The number of hydrogen-bond donors (Lipinski definition) is 2. The van der Waals surface area contributed by atoms with Crippen molar-refractivity contribution in [3.63, 3.8) is 0 Å². The molecule has 1 aromatic carbocycles. The zero-order valence-corrected chi connectivity index (χ0v) is 13.9. The summed E-state index contributed by atoms with van der Waals surface area (Å²) in [5.41, 5.74) is 1.05. The summed E-state index contributed by atoms with van der Waals surface area (Å²) in [5.74, 6) is 0. The van der Waals surface area contributed by atoms with E-state index >= 15 is 0 Å². The van der Waals surface area contributed by atoms with Crippen LogP contribution >= 0.6 is 15.9 Å². The van der Waals surface area contributed by atoms with Crippen LogP contribution in [0.1, 0.15) is 31.1 Å². The van der Waals surface area contributed by atoms with Crippen LogP contribution in [0, 0.1) is 0 Å². The second kappa shape index (κ2) is 6.73. The van der Waals surface area contributed by atoms with Crippen LogP contribution in [0.4, 0.5) is 0 Å². The molecule has 2 N–H and O–H groups in total. The van der Waals surface area contributed by atoms with Crippen LogP contribution in [-0.4, -0.2) is 33.2 Å². The molecule has 0 bridgehead atoms. The summed E-state index contributed by atoms with van der Waals surface area (Å²) in [4.78, 5) is 0. The van der Waals surface area contributed by atoms with Gasteiger partial charge in [0, 0.05) is 28.5 Å². The van der Waals surface area contributed by atoms with Gasteiger partial charge in [-0.15, -0.1) is 0 Å². The van der Waals surface area contributed by atoms with Crippen molar-refractivity contribution >= 4 is 15.9 Å². The Kier molecular flexibility index (Phi) is 5.19. The zero-order valence-electron chi connectivity index (χ0n) is 12.3. The second-order valence-electron chi connectivity index (χ2n) is 5.66. The van der Waals surface area contributed by atoms with Gasteiger partial charge in [-0.1, -0.05) is 28.1 Å². The topological polar surface area (TPSA) is 58.3 Å². The third-order valence-electron chi connectivity index (χ3n) is 3.75. The van der Waals surface area contributed by atoms with Crippen molar-refractivity contribution in [3.05, 3.63) is 52.3 Å². The van der Waals surface area contributed by atoms with E-state index < -0.39 is 5.41 Å². The number of benzene rings is 1. The Morgan fingerprint density at radius 3 is 2.48 bits per heavy atom. The molecule has 0 spiro atoms. The molecule has 0 saturated heterocycles. The first-order valence-corrected chi connectivity index (χ1v) is 7.82. The van der Waals surface area contributed by atoms with Gasteiger partial charge in [0.1, 0.15) is 0 Å². The van der Waals surface area contributed by atoms with Gasteiger partial charge in [-0.25, -0.2) is 0 Å². The van der Waals surface area contributed by atoms with Crippen LogP contribution in [0.2, 0.25) is 0 Å². The van der Waals surface area contributed by atoms with E-state index in [0.717, 1.165) is 15.7 Å². The van der Waals surface area contributed by atoms with Crippen LogP contribution in [0.3, 0.4) is 0 Å². The Hall–Kier alpha value is -1.17. The molecular formula is C16H21BrN2O2. The molecule has 0 saturated carbocycles. The maximum atomic E-state index is 9.89. The van der Waals surface area contributed by atoms with E-state index in [9.17, 15) is 10.2 Å². The van der Waals surface area contributed by atoms with Gasteiger partial charge in [0.2, 0.25) is 0 Å². The fraction of sp³-hybridized carbons (Fsp3) is 0.438. The maximum absolute atomic E-state index is 9.89. The standard InChI is InChI=1S/C16H21BrN2O2/c1-12(2)19-7-6-15(18-19)9-16(10-20,11-21)13-4-3-5-14(17)8-13/h3-8,12,20-21H,9-11H2,1-2H3. The lowest BCUT2D eigenvalue weighted by Gasteiger charge is -2.30. The van der Waals surface area contributed by atoms with E-state index in [-0.39, 0.29) is 13.2 Å². The number of rotatable bonds is 6. The molecule has 0 amide bonds. The summed E-state index contributed by atoms with van der Waals surface area (Å²) < 4.78 is 2.81. The van der Waals surface area contributed by atoms with Gasteiger partial charge < -0.3 is 10.2 Å². The third kappa shape index (κ3) is 3.54. The first kappa shape index (κ1) is 16.2. The zero-order chi connectivity index (χ0) is 15.5. The molecule has 0 radical (unpaired) electrons. The highest BCUT2D eigenvalue weighted by Crippen LogP contribution is 2.29. The van der Waals surface area contributed by atoms with Gasteiger partial charge in [0.25, 0.3) is 0 Å². The van der Waals surface area contributed by atoms with E-state index in [2.05, 4.69) is 34.9 Å². The molecule has 0 aliphatic carbocycles. The first-order valence-electron chi connectivity index (χ1n) is 7.02. The predicted octanol–water partition coefficient (Wildman–Crippen LogP) is 2.69. The van der Waals surface area contributed by atoms with Gasteiger partial charge in [0.15, 0.2) is 0 Å². The minimum absolute atomic E-state index is 0.130. The van der Waals surface area contributed by atoms with E-state index in [4.69, 9.17) is 0 Å². The van der Waals surface area contributed by atoms with Gasteiger partial charge in [0.05, 0.1) is 18.9 Å². The quantitative estimate of drug-likeness (QED) is 0.840. The summed E-state index contributed by atoms with van der Waals surface area (Å²) in [6.07, 6.45) is 2.43. The summed E-state index contributed by atoms with van der Waals surface area (Å²) in [6, 6.07) is 9.94. The Balaban J connectivity index is 2.33. The highest BCUT2D eigenvalue weighted by atomic mass is 79.9. The molecule has 1 heterocycles. The van der Waals surface area contributed by atoms with Crippen molar-refractivity contribution in [1.29, 1.82) is 0 Å². The molecule has 0 aliphatic rings. The Bertz CT molecular complexity index is 591. The lowest BCUT2D eigenvalue weighted by Crippen LogP contribution is -2.37. The van der Waals surface area contributed by atoms with Crippen LogP contribution in [0.5, 0.6) is 0 Å². The number of halogens is 1. The Labute approximate surface area is 133 Å². The summed E-state index contributed by atoms with van der Waals surface area (Å²) >= 11 is 3.44. The van der Waals surface area contributed by atoms with Crippen LogP contribution in [0.15, 0.2) is 41.0 Å². The number of aliphatic hydroxyl groups excluding tert-OH is 2. The lowest BCUT2D eigenvalue weighted by atomic mass is 9.78. The van der Waals surface area contributed by atoms with Crippen LogP contribution in [-0.2, 0) is 11.8 Å². The fourth-order valence-corrected chi connectivity index (χ4v) is 2.77. The monoisotopic (exact) mass is 352 g/mol. The normalized spacial score (nSPS) is 12.1. The lowest BCUT2D eigenvalue weighted by molar-refractivity contribution is 0.115. The number of hydrogen-bond acceptors (Lipinski definition) is 3. The smallest absolute Gasteiger partial charge is 0.0635 e. The molecule has 2 rings (SSSR count). The van der Waals surface area contributed by atoms with Crippen molar-refractivity contribution in [2.45, 2.75) is 31.7 Å². The highest BCUT2D eigenvalue weighted by Gasteiger charge is 2.32. The first-order chi connectivity index (χ1) is 10.0. The van der Waals surface area contributed by atoms with E-state index in [1.54, 1.807) is 0 Å². The third-order valence-corrected chi connectivity index (χ3v) is 4.25. The van der Waals surface area contributed by atoms with E-state index in [1.807, 2.05) is 41.2 Å². The van der Waals surface area contributed by atoms with Crippen LogP contribution in [0.25, 0.3) is 0 Å². The Morgan fingerprint density at radius 2 is 1.95 bits per heavy atom. The molecule has 0 aliphatic heterocycles. The van der Waals surface area contributed by atoms with Crippen molar-refractivity contribution in [2.24, 2.45) is 0 Å². The van der Waals surface area contributed by atoms with Crippen molar-refractivity contribution in [1.82, 2.24) is 9.78 Å². The van der Waals surface area contributed by atoms with Crippen molar-refractivity contribution < 1.29 is 10.2 Å². The number of aliphatic hydroxyl groups is 2. The highest BCUT2D eigenvalue weighted by molar-refractivity contribution is 9.10. The van der Waals surface area contributed by atoms with Crippen molar-refractivity contribution in [3.8, 4) is 0 Å². The second-order valence-corrected chi connectivity index (χ2v) is 6.58. The number of nitrogens with zero attached hydrogens (tertiary/aromatic N) is 2. The number of aromatic nitrogens is 2. The molecule has 0 fully saturated rings. The van der Waals surface area contributed by atoms with Gasteiger partial charge in [-0.2, -0.15) is 5.10 Å². The molecule has 0 atom stereocenters. The average molecular weight is 353 g/mol. The van der Waals surface area contributed by atoms with E-state index in [1.165, 1.54) is 0 Å². The molecule has 1 aromatic heterocycles. The minimum atomic E-state index is -0.722.